The molecule has 7 nitrogen and oxygen atoms in total. The van der Waals surface area contributed by atoms with Crippen LogP contribution in [0.4, 0.5) is 5.82 Å². The number of benzene rings is 1. The molecule has 0 saturated heterocycles. The van der Waals surface area contributed by atoms with E-state index in [1.165, 1.54) is 6.07 Å². The standard InChI is InChI=1S/C16H16ClN3O4/c1-10-6-7-14(16(18-10)20(22)23)24-9-15(21)19-11(2)12-4-3-5-13(17)8-12/h3-8,11H,9H2,1-2H3,(H,19,21). The average Bonchev–Trinajstić information content (AvgIpc) is 2.53. The Bertz CT molecular complexity index is 767. The predicted octanol–water partition coefficient (Wildman–Crippen LogP) is 3.21. The van der Waals surface area contributed by atoms with Crippen molar-refractivity contribution in [2.75, 3.05) is 6.61 Å². The minimum atomic E-state index is -0.644. The minimum Gasteiger partial charge on any atom is -0.476 e. The number of hydrogen-bond acceptors (Lipinski definition) is 5. The monoisotopic (exact) mass is 349 g/mol. The van der Waals surface area contributed by atoms with Gasteiger partial charge in [-0.25, -0.2) is 0 Å². The molecule has 0 aliphatic rings. The lowest BCUT2D eigenvalue weighted by Crippen LogP contribution is -2.31. The van der Waals surface area contributed by atoms with Crippen LogP contribution in [0.25, 0.3) is 0 Å². The summed E-state index contributed by atoms with van der Waals surface area (Å²) in [4.78, 5) is 26.1. The average molecular weight is 350 g/mol. The number of ether oxygens (including phenoxy) is 1. The van der Waals surface area contributed by atoms with Crippen molar-refractivity contribution < 1.29 is 14.5 Å². The number of rotatable bonds is 6. The number of aryl methyl sites for hydroxylation is 1. The Balaban J connectivity index is 1.97. The van der Waals surface area contributed by atoms with E-state index in [1.54, 1.807) is 38.1 Å². The van der Waals surface area contributed by atoms with Gasteiger partial charge in [0.15, 0.2) is 6.61 Å². The van der Waals surface area contributed by atoms with Gasteiger partial charge < -0.3 is 20.2 Å². The van der Waals surface area contributed by atoms with Gasteiger partial charge in [0.25, 0.3) is 5.91 Å². The Labute approximate surface area is 143 Å². The fraction of sp³-hybridized carbons (Fsp3) is 0.250. The molecule has 0 saturated carbocycles. The Morgan fingerprint density at radius 1 is 1.42 bits per heavy atom. The van der Waals surface area contributed by atoms with Crippen LogP contribution in [-0.4, -0.2) is 22.4 Å². The number of nitrogens with zero attached hydrogens (tertiary/aromatic N) is 2. The van der Waals surface area contributed by atoms with E-state index >= 15 is 0 Å². The Morgan fingerprint density at radius 3 is 2.83 bits per heavy atom. The van der Waals surface area contributed by atoms with Crippen molar-refractivity contribution in [1.29, 1.82) is 0 Å². The molecule has 1 aromatic heterocycles. The number of nitro groups is 1. The van der Waals surface area contributed by atoms with Crippen molar-refractivity contribution in [2.24, 2.45) is 0 Å². The first-order valence-corrected chi connectivity index (χ1v) is 7.54. The number of pyridine rings is 1. The molecular weight excluding hydrogens is 334 g/mol. The van der Waals surface area contributed by atoms with Crippen LogP contribution in [0.3, 0.4) is 0 Å². The normalized spacial score (nSPS) is 11.6. The molecule has 8 heteroatoms. The van der Waals surface area contributed by atoms with Gasteiger partial charge in [-0.15, -0.1) is 0 Å². The summed E-state index contributed by atoms with van der Waals surface area (Å²) in [6.45, 7) is 3.09. The molecule has 0 fully saturated rings. The van der Waals surface area contributed by atoms with Gasteiger partial charge in [0.1, 0.15) is 5.69 Å². The van der Waals surface area contributed by atoms with Crippen molar-refractivity contribution >= 4 is 23.3 Å². The smallest absolute Gasteiger partial charge is 0.406 e. The van der Waals surface area contributed by atoms with Gasteiger partial charge in [-0.3, -0.25) is 4.79 Å². The predicted molar refractivity (Wildman–Crippen MR) is 89.1 cm³/mol. The van der Waals surface area contributed by atoms with Gasteiger partial charge in [-0.2, -0.15) is 0 Å². The molecule has 1 aromatic carbocycles. The van der Waals surface area contributed by atoms with Gasteiger partial charge >= 0.3 is 5.82 Å². The highest BCUT2D eigenvalue weighted by atomic mass is 35.5. The molecule has 126 valence electrons. The summed E-state index contributed by atoms with van der Waals surface area (Å²) in [5.41, 5.74) is 1.34. The molecule has 1 N–H and O–H groups in total. The number of halogens is 1. The first-order valence-electron chi connectivity index (χ1n) is 7.16. The minimum absolute atomic E-state index is 0.0452. The molecule has 1 amide bonds. The number of aromatic nitrogens is 1. The number of carbonyl (C=O) groups is 1. The van der Waals surface area contributed by atoms with Crippen LogP contribution in [0.15, 0.2) is 36.4 Å². The highest BCUT2D eigenvalue weighted by Gasteiger charge is 2.19. The number of nitrogens with one attached hydrogen (secondary N) is 1. The molecule has 0 aliphatic carbocycles. The zero-order chi connectivity index (χ0) is 17.7. The van der Waals surface area contributed by atoms with Gasteiger partial charge in [-0.05, 0) is 46.7 Å². The Morgan fingerprint density at radius 2 is 2.17 bits per heavy atom. The molecule has 0 aliphatic heterocycles. The molecule has 1 heterocycles. The fourth-order valence-corrected chi connectivity index (χ4v) is 2.26. The van der Waals surface area contributed by atoms with E-state index in [2.05, 4.69) is 10.3 Å². The topological polar surface area (TPSA) is 94.4 Å². The summed E-state index contributed by atoms with van der Waals surface area (Å²) in [5, 5.41) is 14.3. The second-order valence-corrected chi connectivity index (χ2v) is 5.60. The van der Waals surface area contributed by atoms with Crippen LogP contribution < -0.4 is 10.1 Å². The van der Waals surface area contributed by atoms with Crippen LogP contribution in [0.1, 0.15) is 24.2 Å². The first kappa shape index (κ1) is 17.7. The number of carbonyl (C=O) groups excluding carboxylic acids is 1. The van der Waals surface area contributed by atoms with Crippen LogP contribution in [0, 0.1) is 17.0 Å². The SMILES string of the molecule is Cc1ccc(OCC(=O)NC(C)c2cccc(Cl)c2)c([N+](=O)[O-])n1. The van der Waals surface area contributed by atoms with Crippen LogP contribution >= 0.6 is 11.6 Å². The highest BCUT2D eigenvalue weighted by Crippen LogP contribution is 2.24. The third-order valence-electron chi connectivity index (χ3n) is 3.24. The Kier molecular flexibility index (Phi) is 5.70. The summed E-state index contributed by atoms with van der Waals surface area (Å²) in [5.74, 6) is -0.862. The van der Waals surface area contributed by atoms with Crippen LogP contribution in [0.5, 0.6) is 5.75 Å². The van der Waals surface area contributed by atoms with E-state index in [0.29, 0.717) is 10.7 Å². The summed E-state index contributed by atoms with van der Waals surface area (Å²) in [6.07, 6.45) is 0. The summed E-state index contributed by atoms with van der Waals surface area (Å²) < 4.78 is 5.23. The van der Waals surface area contributed by atoms with Gasteiger partial charge in [0.2, 0.25) is 5.75 Å². The van der Waals surface area contributed by atoms with E-state index in [0.717, 1.165) is 5.56 Å². The van der Waals surface area contributed by atoms with Crippen molar-refractivity contribution in [3.05, 3.63) is 62.8 Å². The fourth-order valence-electron chi connectivity index (χ4n) is 2.06. The van der Waals surface area contributed by atoms with E-state index in [4.69, 9.17) is 16.3 Å². The summed E-state index contributed by atoms with van der Waals surface area (Å²) in [6, 6.07) is 9.85. The van der Waals surface area contributed by atoms with E-state index in [1.807, 2.05) is 6.07 Å². The van der Waals surface area contributed by atoms with E-state index in [9.17, 15) is 14.9 Å². The lowest BCUT2D eigenvalue weighted by Gasteiger charge is -2.15. The van der Waals surface area contributed by atoms with Crippen LogP contribution in [-0.2, 0) is 4.79 Å². The van der Waals surface area contributed by atoms with Crippen molar-refractivity contribution in [2.45, 2.75) is 19.9 Å². The maximum atomic E-state index is 12.0. The van der Waals surface area contributed by atoms with E-state index in [-0.39, 0.29) is 18.4 Å². The summed E-state index contributed by atoms with van der Waals surface area (Å²) >= 11 is 5.92. The molecule has 2 rings (SSSR count). The molecule has 0 radical (unpaired) electrons. The molecule has 24 heavy (non-hydrogen) atoms. The number of amides is 1. The van der Waals surface area contributed by atoms with Gasteiger partial charge in [-0.1, -0.05) is 23.7 Å². The molecule has 0 spiro atoms. The molecule has 1 unspecified atom stereocenters. The van der Waals surface area contributed by atoms with Crippen LogP contribution in [0.2, 0.25) is 5.02 Å². The second kappa shape index (κ2) is 7.74. The van der Waals surface area contributed by atoms with Crippen molar-refractivity contribution in [1.82, 2.24) is 10.3 Å². The number of hydrogen-bond donors (Lipinski definition) is 1. The maximum Gasteiger partial charge on any atom is 0.406 e. The molecule has 0 bridgehead atoms. The third-order valence-corrected chi connectivity index (χ3v) is 3.47. The lowest BCUT2D eigenvalue weighted by atomic mass is 10.1. The molecule has 1 atom stereocenters. The lowest BCUT2D eigenvalue weighted by molar-refractivity contribution is -0.390. The highest BCUT2D eigenvalue weighted by molar-refractivity contribution is 6.30. The zero-order valence-electron chi connectivity index (χ0n) is 13.2. The van der Waals surface area contributed by atoms with Gasteiger partial charge in [0.05, 0.1) is 6.04 Å². The summed E-state index contributed by atoms with van der Waals surface area (Å²) in [7, 11) is 0. The van der Waals surface area contributed by atoms with Crippen molar-refractivity contribution in [3.63, 3.8) is 0 Å². The maximum absolute atomic E-state index is 12.0. The largest absolute Gasteiger partial charge is 0.476 e. The third kappa shape index (κ3) is 4.66. The second-order valence-electron chi connectivity index (χ2n) is 5.16. The Hall–Kier alpha value is -2.67. The molecule has 2 aromatic rings. The van der Waals surface area contributed by atoms with Gasteiger partial charge in [0, 0.05) is 11.9 Å². The molecular formula is C16H16ClN3O4. The first-order chi connectivity index (χ1) is 11.4. The quantitative estimate of drug-likeness (QED) is 0.638. The zero-order valence-corrected chi connectivity index (χ0v) is 13.9. The van der Waals surface area contributed by atoms with E-state index < -0.39 is 16.6 Å². The van der Waals surface area contributed by atoms with Crippen molar-refractivity contribution in [3.8, 4) is 5.75 Å².